The minimum absolute atomic E-state index is 0.237. The molecule has 0 spiro atoms. The van der Waals surface area contributed by atoms with Crippen molar-refractivity contribution in [1.29, 1.82) is 0 Å². The Morgan fingerprint density at radius 2 is 1.47 bits per heavy atom. The Labute approximate surface area is 180 Å². The van der Waals surface area contributed by atoms with E-state index in [0.29, 0.717) is 12.4 Å². The van der Waals surface area contributed by atoms with Gasteiger partial charge in [-0.3, -0.25) is 0 Å². The van der Waals surface area contributed by atoms with Crippen molar-refractivity contribution < 1.29 is 28.5 Å². The standard InChI is InChI=1S/C23H39NO6/c1-5-6-7-8-9-10-11-12-13-14-15-27-20-16-21(24-17-20)22(25)29-19(4)30-23(26)28-18(2)3/h16-19,24H,5-15H2,1-4H3. The number of hydrogen-bond acceptors (Lipinski definition) is 6. The maximum absolute atomic E-state index is 12.1. The zero-order valence-electron chi connectivity index (χ0n) is 19.0. The normalized spacial score (nSPS) is 11.9. The van der Waals surface area contributed by atoms with Gasteiger partial charge in [0.2, 0.25) is 6.29 Å². The predicted octanol–water partition coefficient (Wildman–Crippen LogP) is 6.38. The van der Waals surface area contributed by atoms with Gasteiger partial charge in [0.05, 0.1) is 12.7 Å². The first-order chi connectivity index (χ1) is 14.4. The Kier molecular flexibility index (Phi) is 13.5. The molecule has 1 rings (SSSR count). The lowest BCUT2D eigenvalue weighted by Crippen LogP contribution is -2.24. The summed E-state index contributed by atoms with van der Waals surface area (Å²) in [6, 6.07) is 1.58. The topological polar surface area (TPSA) is 86.9 Å². The van der Waals surface area contributed by atoms with Crippen molar-refractivity contribution in [2.45, 2.75) is 104 Å². The second kappa shape index (κ2) is 15.6. The molecule has 0 fully saturated rings. The van der Waals surface area contributed by atoms with Crippen LogP contribution in [0.4, 0.5) is 4.79 Å². The number of esters is 1. The van der Waals surface area contributed by atoms with Crippen molar-refractivity contribution in [2.75, 3.05) is 6.61 Å². The maximum Gasteiger partial charge on any atom is 0.511 e. The van der Waals surface area contributed by atoms with E-state index in [1.807, 2.05) is 0 Å². The van der Waals surface area contributed by atoms with E-state index in [1.165, 1.54) is 58.3 Å². The summed E-state index contributed by atoms with van der Waals surface area (Å²) in [7, 11) is 0. The first-order valence-corrected chi connectivity index (χ1v) is 11.3. The smallest absolute Gasteiger partial charge is 0.492 e. The highest BCUT2D eigenvalue weighted by atomic mass is 16.8. The van der Waals surface area contributed by atoms with Gasteiger partial charge in [0.25, 0.3) is 0 Å². The number of carbonyl (C=O) groups excluding carboxylic acids is 2. The van der Waals surface area contributed by atoms with Crippen LogP contribution in [0.3, 0.4) is 0 Å². The summed E-state index contributed by atoms with van der Waals surface area (Å²) < 4.78 is 20.4. The molecule has 0 aliphatic carbocycles. The Morgan fingerprint density at radius 1 is 0.867 bits per heavy atom. The minimum Gasteiger partial charge on any atom is -0.492 e. The molecule has 7 nitrogen and oxygen atoms in total. The molecule has 0 radical (unpaired) electrons. The monoisotopic (exact) mass is 425 g/mol. The van der Waals surface area contributed by atoms with Crippen LogP contribution in [0.15, 0.2) is 12.3 Å². The number of carbonyl (C=O) groups is 2. The fourth-order valence-corrected chi connectivity index (χ4v) is 2.95. The van der Waals surface area contributed by atoms with Crippen molar-refractivity contribution in [2.24, 2.45) is 0 Å². The van der Waals surface area contributed by atoms with Gasteiger partial charge in [-0.2, -0.15) is 0 Å². The lowest BCUT2D eigenvalue weighted by atomic mass is 10.1. The van der Waals surface area contributed by atoms with Crippen LogP contribution in [0.25, 0.3) is 0 Å². The highest BCUT2D eigenvalue weighted by Crippen LogP contribution is 2.16. The van der Waals surface area contributed by atoms with Crippen LogP contribution in [0.1, 0.15) is 102 Å². The van der Waals surface area contributed by atoms with Gasteiger partial charge in [0.1, 0.15) is 11.4 Å². The van der Waals surface area contributed by atoms with Gasteiger partial charge in [0, 0.05) is 19.2 Å². The quantitative estimate of drug-likeness (QED) is 0.188. The molecule has 0 saturated carbocycles. The van der Waals surface area contributed by atoms with E-state index in [1.54, 1.807) is 26.1 Å². The molecule has 30 heavy (non-hydrogen) atoms. The fraction of sp³-hybridized carbons (Fsp3) is 0.739. The Balaban J connectivity index is 2.13. The van der Waals surface area contributed by atoms with E-state index in [9.17, 15) is 9.59 Å². The van der Waals surface area contributed by atoms with Crippen LogP contribution in [-0.4, -0.2) is 36.1 Å². The number of ether oxygens (including phenoxy) is 4. The van der Waals surface area contributed by atoms with Crippen LogP contribution in [-0.2, 0) is 14.2 Å². The Bertz CT molecular complexity index is 598. The zero-order chi connectivity index (χ0) is 22.2. The molecule has 0 aliphatic heterocycles. The summed E-state index contributed by atoms with van der Waals surface area (Å²) in [5.74, 6) is -0.0423. The molecule has 172 valence electrons. The molecule has 1 aromatic heterocycles. The van der Waals surface area contributed by atoms with Crippen LogP contribution < -0.4 is 4.74 Å². The molecule has 0 aromatic carbocycles. The number of rotatable bonds is 16. The van der Waals surface area contributed by atoms with Crippen LogP contribution in [0.5, 0.6) is 5.75 Å². The van der Waals surface area contributed by atoms with Gasteiger partial charge in [-0.25, -0.2) is 9.59 Å². The van der Waals surface area contributed by atoms with Gasteiger partial charge in [-0.1, -0.05) is 64.7 Å². The van der Waals surface area contributed by atoms with Crippen LogP contribution in [0, 0.1) is 0 Å². The van der Waals surface area contributed by atoms with Crippen molar-refractivity contribution in [1.82, 2.24) is 4.98 Å². The summed E-state index contributed by atoms with van der Waals surface area (Å²) in [6.45, 7) is 7.71. The Hall–Kier alpha value is -2.18. The molecule has 1 heterocycles. The fourth-order valence-electron chi connectivity index (χ4n) is 2.95. The maximum atomic E-state index is 12.1. The molecular weight excluding hydrogens is 386 g/mol. The summed E-state index contributed by atoms with van der Waals surface area (Å²) in [5.41, 5.74) is 0.237. The van der Waals surface area contributed by atoms with E-state index in [0.717, 1.165) is 12.8 Å². The average molecular weight is 426 g/mol. The van der Waals surface area contributed by atoms with Gasteiger partial charge >= 0.3 is 12.1 Å². The summed E-state index contributed by atoms with van der Waals surface area (Å²) in [4.78, 5) is 26.3. The molecule has 7 heteroatoms. The average Bonchev–Trinajstić information content (AvgIpc) is 3.14. The predicted molar refractivity (Wildman–Crippen MR) is 116 cm³/mol. The number of aromatic nitrogens is 1. The number of unbranched alkanes of at least 4 members (excludes halogenated alkanes) is 9. The number of H-pyrrole nitrogens is 1. The molecule has 0 bridgehead atoms. The summed E-state index contributed by atoms with van der Waals surface area (Å²) in [6.07, 6.45) is 12.1. The van der Waals surface area contributed by atoms with Crippen LogP contribution in [0.2, 0.25) is 0 Å². The van der Waals surface area contributed by atoms with E-state index in [-0.39, 0.29) is 11.8 Å². The molecule has 1 aromatic rings. The molecular formula is C23H39NO6. The first-order valence-electron chi connectivity index (χ1n) is 11.3. The van der Waals surface area contributed by atoms with E-state index >= 15 is 0 Å². The molecule has 0 saturated heterocycles. The van der Waals surface area contributed by atoms with Crippen molar-refractivity contribution in [3.05, 3.63) is 18.0 Å². The first kappa shape index (κ1) is 25.9. The number of aromatic amines is 1. The van der Waals surface area contributed by atoms with Crippen molar-refractivity contribution in [3.63, 3.8) is 0 Å². The van der Waals surface area contributed by atoms with Crippen LogP contribution >= 0.6 is 0 Å². The highest BCUT2D eigenvalue weighted by Gasteiger charge is 2.18. The third-order valence-corrected chi connectivity index (χ3v) is 4.51. The van der Waals surface area contributed by atoms with Gasteiger partial charge in [0.15, 0.2) is 0 Å². The molecule has 0 amide bonds. The third-order valence-electron chi connectivity index (χ3n) is 4.51. The van der Waals surface area contributed by atoms with E-state index in [4.69, 9.17) is 18.9 Å². The Morgan fingerprint density at radius 3 is 2.07 bits per heavy atom. The molecule has 0 aliphatic rings. The van der Waals surface area contributed by atoms with Gasteiger partial charge in [-0.15, -0.1) is 0 Å². The lowest BCUT2D eigenvalue weighted by Gasteiger charge is -2.14. The molecule has 1 unspecified atom stereocenters. The zero-order valence-corrected chi connectivity index (χ0v) is 19.0. The van der Waals surface area contributed by atoms with Crippen molar-refractivity contribution >= 4 is 12.1 Å². The minimum atomic E-state index is -1.05. The number of nitrogens with one attached hydrogen (secondary N) is 1. The highest BCUT2D eigenvalue weighted by molar-refractivity contribution is 5.88. The summed E-state index contributed by atoms with van der Waals surface area (Å²) in [5, 5.41) is 0. The van der Waals surface area contributed by atoms with Gasteiger partial charge < -0.3 is 23.9 Å². The van der Waals surface area contributed by atoms with E-state index < -0.39 is 18.4 Å². The SMILES string of the molecule is CCCCCCCCCCCCOc1c[nH]c(C(=O)OC(C)OC(=O)OC(C)C)c1. The van der Waals surface area contributed by atoms with E-state index in [2.05, 4.69) is 11.9 Å². The van der Waals surface area contributed by atoms with Gasteiger partial charge in [-0.05, 0) is 20.3 Å². The van der Waals surface area contributed by atoms with Crippen molar-refractivity contribution in [3.8, 4) is 5.75 Å². The lowest BCUT2D eigenvalue weighted by molar-refractivity contribution is -0.0868. The second-order valence-corrected chi connectivity index (χ2v) is 7.79. The molecule has 1 N–H and O–H groups in total. The summed E-state index contributed by atoms with van der Waals surface area (Å²) >= 11 is 0. The number of hydrogen-bond donors (Lipinski definition) is 1. The third kappa shape index (κ3) is 12.4. The largest absolute Gasteiger partial charge is 0.511 e. The second-order valence-electron chi connectivity index (χ2n) is 7.79. The molecule has 1 atom stereocenters.